The van der Waals surface area contributed by atoms with Gasteiger partial charge in [0.25, 0.3) is 0 Å². The zero-order chi connectivity index (χ0) is 24.4. The Labute approximate surface area is 188 Å². The number of rotatable bonds is 6. The summed E-state index contributed by atoms with van der Waals surface area (Å²) in [4.78, 5) is 13.8. The van der Waals surface area contributed by atoms with E-state index in [0.717, 1.165) is 24.3 Å². The van der Waals surface area contributed by atoms with Crippen LogP contribution in [0, 0.1) is 11.8 Å². The van der Waals surface area contributed by atoms with Gasteiger partial charge in [-0.3, -0.25) is 9.69 Å². The molecule has 9 heteroatoms. The van der Waals surface area contributed by atoms with Gasteiger partial charge in [-0.25, -0.2) is 0 Å². The normalized spacial score (nSPS) is 21.1. The van der Waals surface area contributed by atoms with Crippen LogP contribution in [0.4, 0.5) is 26.3 Å². The molecule has 1 aliphatic rings. The molecule has 0 bridgehead atoms. The second-order valence-electron chi connectivity index (χ2n) is 8.55. The molecule has 1 fully saturated rings. The van der Waals surface area contributed by atoms with Gasteiger partial charge in [-0.15, -0.1) is 0 Å². The largest absolute Gasteiger partial charge is 0.481 e. The van der Waals surface area contributed by atoms with E-state index in [4.69, 9.17) is 0 Å². The first-order chi connectivity index (χ1) is 15.4. The first-order valence-corrected chi connectivity index (χ1v) is 10.7. The number of halogens is 6. The van der Waals surface area contributed by atoms with Crippen LogP contribution >= 0.6 is 0 Å². The summed E-state index contributed by atoms with van der Waals surface area (Å²) in [5, 5.41) is 9.64. The van der Waals surface area contributed by atoms with Crippen LogP contribution in [-0.2, 0) is 23.7 Å². The monoisotopic (exact) mass is 473 g/mol. The molecule has 0 spiro atoms. The highest BCUT2D eigenvalue weighted by atomic mass is 19.4. The number of alkyl halides is 6. The Bertz CT molecular complexity index is 937. The van der Waals surface area contributed by atoms with Crippen molar-refractivity contribution in [2.45, 2.75) is 44.6 Å². The molecule has 3 atom stereocenters. The van der Waals surface area contributed by atoms with Crippen LogP contribution in [0.25, 0.3) is 0 Å². The van der Waals surface area contributed by atoms with Crippen molar-refractivity contribution in [2.24, 2.45) is 11.8 Å². The van der Waals surface area contributed by atoms with Gasteiger partial charge in [-0.1, -0.05) is 31.2 Å². The van der Waals surface area contributed by atoms with E-state index in [-0.39, 0.29) is 11.8 Å². The molecule has 0 aromatic heterocycles. The van der Waals surface area contributed by atoms with E-state index < -0.39 is 35.4 Å². The molecular formula is C24H25F6NO2. The molecule has 2 aromatic rings. The van der Waals surface area contributed by atoms with Gasteiger partial charge < -0.3 is 5.11 Å². The highest BCUT2D eigenvalue weighted by Crippen LogP contribution is 2.37. The Morgan fingerprint density at radius 2 is 1.45 bits per heavy atom. The minimum absolute atomic E-state index is 0.186. The second-order valence-corrected chi connectivity index (χ2v) is 8.55. The average Bonchev–Trinajstić information content (AvgIpc) is 2.73. The van der Waals surface area contributed by atoms with Gasteiger partial charge in [0, 0.05) is 19.6 Å². The van der Waals surface area contributed by atoms with Gasteiger partial charge in [0.15, 0.2) is 0 Å². The summed E-state index contributed by atoms with van der Waals surface area (Å²) in [5.74, 6) is -1.96. The van der Waals surface area contributed by atoms with Crippen molar-refractivity contribution in [2.75, 3.05) is 13.1 Å². The molecule has 33 heavy (non-hydrogen) atoms. The Balaban J connectivity index is 1.83. The molecule has 0 radical (unpaired) electrons. The van der Waals surface area contributed by atoms with Crippen molar-refractivity contribution in [1.29, 1.82) is 0 Å². The number of carbonyl (C=O) groups is 1. The second kappa shape index (κ2) is 9.75. The topological polar surface area (TPSA) is 40.5 Å². The lowest BCUT2D eigenvalue weighted by Gasteiger charge is -2.40. The summed E-state index contributed by atoms with van der Waals surface area (Å²) in [6.07, 6.45) is -7.95. The van der Waals surface area contributed by atoms with Gasteiger partial charge in [-0.05, 0) is 60.1 Å². The van der Waals surface area contributed by atoms with Crippen molar-refractivity contribution in [3.05, 3.63) is 70.8 Å². The van der Waals surface area contributed by atoms with Crippen LogP contribution in [0.3, 0.4) is 0 Å². The number of hydrogen-bond donors (Lipinski definition) is 1. The van der Waals surface area contributed by atoms with Crippen molar-refractivity contribution >= 4 is 5.97 Å². The maximum atomic E-state index is 12.9. The number of carboxylic acid groups (broad SMARTS) is 1. The fourth-order valence-corrected chi connectivity index (χ4v) is 4.61. The third-order valence-electron chi connectivity index (χ3n) is 6.28. The van der Waals surface area contributed by atoms with Gasteiger partial charge in [-0.2, -0.15) is 26.3 Å². The average molecular weight is 473 g/mol. The number of piperidine rings is 1. The summed E-state index contributed by atoms with van der Waals surface area (Å²) in [5.41, 5.74) is -0.164. The predicted octanol–water partition coefficient (Wildman–Crippen LogP) is 6.44. The molecule has 180 valence electrons. The summed E-state index contributed by atoms with van der Waals surface area (Å²) >= 11 is 0. The number of nitrogens with zero attached hydrogens (tertiary/aromatic N) is 1. The van der Waals surface area contributed by atoms with Crippen LogP contribution in [-0.4, -0.2) is 29.1 Å². The van der Waals surface area contributed by atoms with E-state index in [2.05, 4.69) is 0 Å². The maximum absolute atomic E-state index is 12.9. The number of likely N-dealkylation sites (tertiary alicyclic amines) is 1. The van der Waals surface area contributed by atoms with Crippen LogP contribution < -0.4 is 0 Å². The molecule has 1 N–H and O–H groups in total. The minimum Gasteiger partial charge on any atom is -0.481 e. The van der Waals surface area contributed by atoms with E-state index >= 15 is 0 Å². The standard InChI is InChI=1S/C24H25F6NO2/c1-2-21(22(32)33)18-11-17(16-5-9-20(10-6-16)24(28,29)30)13-31(14-18)12-15-3-7-19(8-4-15)23(25,26)27/h3-10,17-18,21H,2,11-14H2,1H3,(H,32,33). The highest BCUT2D eigenvalue weighted by molar-refractivity contribution is 5.70. The maximum Gasteiger partial charge on any atom is 0.416 e. The Morgan fingerprint density at radius 3 is 1.91 bits per heavy atom. The van der Waals surface area contributed by atoms with E-state index in [1.165, 1.54) is 24.3 Å². The van der Waals surface area contributed by atoms with Gasteiger partial charge >= 0.3 is 18.3 Å². The van der Waals surface area contributed by atoms with Crippen molar-refractivity contribution in [1.82, 2.24) is 4.90 Å². The lowest BCUT2D eigenvalue weighted by molar-refractivity contribution is -0.145. The molecule has 1 heterocycles. The molecule has 3 rings (SSSR count). The minimum atomic E-state index is -4.45. The number of aliphatic carboxylic acids is 1. The lowest BCUT2D eigenvalue weighted by atomic mass is 9.77. The molecule has 0 aliphatic carbocycles. The molecule has 1 saturated heterocycles. The molecular weight excluding hydrogens is 448 g/mol. The van der Waals surface area contributed by atoms with Crippen LogP contribution in [0.1, 0.15) is 47.9 Å². The van der Waals surface area contributed by atoms with Crippen LogP contribution in [0.2, 0.25) is 0 Å². The molecule has 3 unspecified atom stereocenters. The Hall–Kier alpha value is -2.55. The number of benzene rings is 2. The molecule has 0 amide bonds. The fraction of sp³-hybridized carbons (Fsp3) is 0.458. The van der Waals surface area contributed by atoms with E-state index in [1.807, 2.05) is 4.90 Å². The fourth-order valence-electron chi connectivity index (χ4n) is 4.61. The highest BCUT2D eigenvalue weighted by Gasteiger charge is 2.36. The van der Waals surface area contributed by atoms with Crippen molar-refractivity contribution < 1.29 is 36.2 Å². The third-order valence-corrected chi connectivity index (χ3v) is 6.28. The first-order valence-electron chi connectivity index (χ1n) is 10.7. The molecule has 3 nitrogen and oxygen atoms in total. The summed E-state index contributed by atoms with van der Waals surface area (Å²) in [6.45, 7) is 3.02. The van der Waals surface area contributed by atoms with Gasteiger partial charge in [0.1, 0.15) is 0 Å². The zero-order valence-corrected chi connectivity index (χ0v) is 18.0. The van der Waals surface area contributed by atoms with Crippen molar-refractivity contribution in [3.63, 3.8) is 0 Å². The zero-order valence-electron chi connectivity index (χ0n) is 18.0. The van der Waals surface area contributed by atoms with Crippen LogP contribution in [0.5, 0.6) is 0 Å². The lowest BCUT2D eigenvalue weighted by Crippen LogP contribution is -2.43. The predicted molar refractivity (Wildman–Crippen MR) is 110 cm³/mol. The quantitative estimate of drug-likeness (QED) is 0.491. The molecule has 0 saturated carbocycles. The Morgan fingerprint density at radius 1 is 0.939 bits per heavy atom. The number of carboxylic acids is 1. The molecule has 1 aliphatic heterocycles. The van der Waals surface area contributed by atoms with E-state index in [9.17, 15) is 36.2 Å². The van der Waals surface area contributed by atoms with Gasteiger partial charge in [0.2, 0.25) is 0 Å². The smallest absolute Gasteiger partial charge is 0.416 e. The van der Waals surface area contributed by atoms with Gasteiger partial charge in [0.05, 0.1) is 17.0 Å². The third kappa shape index (κ3) is 6.28. The van der Waals surface area contributed by atoms with Crippen molar-refractivity contribution in [3.8, 4) is 0 Å². The van der Waals surface area contributed by atoms with E-state index in [1.54, 1.807) is 6.92 Å². The van der Waals surface area contributed by atoms with E-state index in [0.29, 0.717) is 43.6 Å². The summed E-state index contributed by atoms with van der Waals surface area (Å²) in [7, 11) is 0. The van der Waals surface area contributed by atoms with Crippen LogP contribution in [0.15, 0.2) is 48.5 Å². The molecule has 2 aromatic carbocycles. The summed E-state index contributed by atoms with van der Waals surface area (Å²) in [6, 6.07) is 9.71. The SMILES string of the molecule is CCC(C(=O)O)C1CC(c2ccc(C(F)(F)F)cc2)CN(Cc2ccc(C(F)(F)F)cc2)C1. The Kier molecular flexibility index (Phi) is 7.41. The summed E-state index contributed by atoms with van der Waals surface area (Å²) < 4.78 is 77.3. The first kappa shape index (κ1) is 25.1. The number of hydrogen-bond acceptors (Lipinski definition) is 2.